The molecule has 2 amide bonds. The molecule has 0 unspecified atom stereocenters. The van der Waals surface area contributed by atoms with E-state index in [0.29, 0.717) is 31.4 Å². The molecule has 4 saturated carbocycles. The summed E-state index contributed by atoms with van der Waals surface area (Å²) in [6.45, 7) is 11.2. The Hall–Kier alpha value is -5.76. The molecule has 0 aliphatic heterocycles. The fourth-order valence-electron chi connectivity index (χ4n) is 16.7. The summed E-state index contributed by atoms with van der Waals surface area (Å²) < 4.78 is 17.4. The molecule has 5 aromatic carbocycles. The van der Waals surface area contributed by atoms with Gasteiger partial charge in [0.2, 0.25) is 11.8 Å². The van der Waals surface area contributed by atoms with Crippen molar-refractivity contribution in [2.24, 2.45) is 22.7 Å². The first-order valence-corrected chi connectivity index (χ1v) is 29.7. The smallest absolute Gasteiger partial charge is 0.226 e. The van der Waals surface area contributed by atoms with Gasteiger partial charge in [-0.15, -0.1) is 0 Å². The quantitative estimate of drug-likeness (QED) is 0.108. The van der Waals surface area contributed by atoms with E-state index >= 15 is 0 Å². The molecule has 0 heterocycles. The summed E-state index contributed by atoms with van der Waals surface area (Å²) in [7, 11) is 3.45. The number of ether oxygens (including phenoxy) is 3. The molecule has 0 spiro atoms. The number of hydrogen-bond donors (Lipinski definition) is 3. The molecule has 0 radical (unpaired) electrons. The van der Waals surface area contributed by atoms with Crippen molar-refractivity contribution < 1.29 is 28.9 Å². The van der Waals surface area contributed by atoms with Crippen molar-refractivity contribution in [2.45, 2.75) is 184 Å². The van der Waals surface area contributed by atoms with Crippen LogP contribution in [0.2, 0.25) is 0 Å². The Morgan fingerprint density at radius 3 is 1.48 bits per heavy atom. The van der Waals surface area contributed by atoms with Crippen LogP contribution in [0.25, 0.3) is 0 Å². The molecule has 77 heavy (non-hydrogen) atoms. The molecule has 6 aliphatic carbocycles. The van der Waals surface area contributed by atoms with Crippen LogP contribution in [-0.2, 0) is 50.7 Å². The highest BCUT2D eigenvalue weighted by Gasteiger charge is 2.57. The van der Waals surface area contributed by atoms with Crippen molar-refractivity contribution >= 4 is 11.8 Å². The van der Waals surface area contributed by atoms with Crippen LogP contribution in [0.4, 0.5) is 0 Å². The Balaban J connectivity index is 0.000000178. The Morgan fingerprint density at radius 2 is 0.987 bits per heavy atom. The molecule has 6 aliphatic rings. The third kappa shape index (κ3) is 10.7. The molecule has 0 saturated heterocycles. The molecule has 0 bridgehead atoms. The van der Waals surface area contributed by atoms with E-state index < -0.39 is 10.8 Å². The summed E-state index contributed by atoms with van der Waals surface area (Å²) in [6.07, 6.45) is 22.0. The lowest BCUT2D eigenvalue weighted by Crippen LogP contribution is -2.56. The number of aromatic hydroxyl groups is 1. The van der Waals surface area contributed by atoms with Crippen LogP contribution < -0.4 is 24.8 Å². The topological polar surface area (TPSA) is 106 Å². The molecule has 6 atom stereocenters. The second-order valence-corrected chi connectivity index (χ2v) is 25.5. The Morgan fingerprint density at radius 1 is 0.506 bits per heavy atom. The predicted octanol–water partition coefficient (Wildman–Crippen LogP) is 14.7. The summed E-state index contributed by atoms with van der Waals surface area (Å²) in [5.74, 6) is 4.07. The molecular formula is C69H88N2O6. The molecule has 11 rings (SSSR count). The zero-order valence-corrected chi connectivity index (χ0v) is 47.4. The first-order chi connectivity index (χ1) is 37.2. The van der Waals surface area contributed by atoms with Crippen LogP contribution in [0.3, 0.4) is 0 Å². The maximum atomic E-state index is 14.3. The fourth-order valence-corrected chi connectivity index (χ4v) is 16.7. The number of phenols is 1. The highest BCUT2D eigenvalue weighted by Crippen LogP contribution is 2.59. The molecule has 410 valence electrons. The van der Waals surface area contributed by atoms with Gasteiger partial charge in [-0.2, -0.15) is 0 Å². The minimum absolute atomic E-state index is 0.0261. The van der Waals surface area contributed by atoms with Crippen molar-refractivity contribution in [3.63, 3.8) is 0 Å². The maximum Gasteiger partial charge on any atom is 0.226 e. The number of phenolic OH excluding ortho intramolecular Hbond substituents is 1. The van der Waals surface area contributed by atoms with Crippen molar-refractivity contribution in [3.8, 4) is 23.0 Å². The normalized spacial score (nSPS) is 27.8. The number of fused-ring (bicyclic) bond motifs is 6. The monoisotopic (exact) mass is 1040 g/mol. The molecule has 8 heteroatoms. The van der Waals surface area contributed by atoms with E-state index in [2.05, 4.69) is 123 Å². The first-order valence-electron chi connectivity index (χ1n) is 29.7. The lowest BCUT2D eigenvalue weighted by Gasteiger charge is -2.54. The van der Waals surface area contributed by atoms with Gasteiger partial charge in [-0.3, -0.25) is 9.59 Å². The van der Waals surface area contributed by atoms with Gasteiger partial charge in [0, 0.05) is 23.9 Å². The van der Waals surface area contributed by atoms with Crippen LogP contribution in [0, 0.1) is 22.7 Å². The van der Waals surface area contributed by atoms with Crippen molar-refractivity contribution in [1.82, 2.24) is 10.6 Å². The van der Waals surface area contributed by atoms with Gasteiger partial charge in [-0.25, -0.2) is 0 Å². The molecule has 5 aromatic rings. The van der Waals surface area contributed by atoms with E-state index in [4.69, 9.17) is 14.2 Å². The largest absolute Gasteiger partial charge is 0.508 e. The van der Waals surface area contributed by atoms with Gasteiger partial charge < -0.3 is 30.0 Å². The van der Waals surface area contributed by atoms with E-state index in [9.17, 15) is 14.7 Å². The average molecular weight is 1040 g/mol. The van der Waals surface area contributed by atoms with Gasteiger partial charge in [-0.05, 0) is 187 Å². The summed E-state index contributed by atoms with van der Waals surface area (Å²) in [5, 5.41) is 17.3. The summed E-state index contributed by atoms with van der Waals surface area (Å²) in [5.41, 5.74) is 8.20. The molecule has 3 N–H and O–H groups in total. The molecule has 8 nitrogen and oxygen atoms in total. The number of aryl methyl sites for hydroxylation is 2. The van der Waals surface area contributed by atoms with Crippen LogP contribution in [0.15, 0.2) is 115 Å². The van der Waals surface area contributed by atoms with Crippen LogP contribution in [-0.4, -0.2) is 44.2 Å². The number of carbonyl (C=O) groups excluding carboxylic acids is 2. The second-order valence-electron chi connectivity index (χ2n) is 25.5. The number of rotatable bonds is 13. The maximum absolute atomic E-state index is 14.3. The zero-order chi connectivity index (χ0) is 53.9. The first kappa shape index (κ1) is 54.6. The van der Waals surface area contributed by atoms with Gasteiger partial charge in [0.05, 0.1) is 25.0 Å². The third-order valence-electron chi connectivity index (χ3n) is 21.1. The number of carbonyl (C=O) groups is 2. The number of amides is 2. The predicted molar refractivity (Wildman–Crippen MR) is 309 cm³/mol. The van der Waals surface area contributed by atoms with Gasteiger partial charge in [-0.1, -0.05) is 146 Å². The zero-order valence-electron chi connectivity index (χ0n) is 47.4. The minimum Gasteiger partial charge on any atom is -0.508 e. The third-order valence-corrected chi connectivity index (χ3v) is 21.1. The minimum atomic E-state index is -0.402. The van der Waals surface area contributed by atoms with E-state index in [1.54, 1.807) is 20.3 Å². The Labute approximate surface area is 460 Å². The lowest BCUT2D eigenvalue weighted by molar-refractivity contribution is -0.140. The lowest BCUT2D eigenvalue weighted by atomic mass is 9.49. The van der Waals surface area contributed by atoms with E-state index in [0.717, 1.165) is 107 Å². The van der Waals surface area contributed by atoms with Gasteiger partial charge in [0.25, 0.3) is 0 Å². The number of methoxy groups -OCH3 is 2. The highest BCUT2D eigenvalue weighted by atomic mass is 16.5. The van der Waals surface area contributed by atoms with E-state index in [1.165, 1.54) is 77.5 Å². The van der Waals surface area contributed by atoms with Gasteiger partial charge in [0.1, 0.15) is 29.6 Å². The SMILES string of the molecule is COc1cccc(C2(CNC(=O)[C@@]3(C)CCC[C@]4(C)c5cc(O)ccc5CC[C@@H]34)CCCCC2)c1.COc1cccc(C2(CNC(=O)[C@@]3(C)CCC[C@]4(C)c5cc(OCc6ccccc6)ccc5CC[C@@H]34)CCCCC2)c1. The number of benzene rings is 5. The average Bonchev–Trinajstić information content (AvgIpc) is 3.47. The molecule has 4 fully saturated rings. The van der Waals surface area contributed by atoms with Crippen LogP contribution in [0.5, 0.6) is 23.0 Å². The van der Waals surface area contributed by atoms with Gasteiger partial charge in [0.15, 0.2) is 0 Å². The second kappa shape index (κ2) is 22.5. The van der Waals surface area contributed by atoms with Gasteiger partial charge >= 0.3 is 0 Å². The van der Waals surface area contributed by atoms with Crippen LogP contribution in [0.1, 0.15) is 182 Å². The Kier molecular flexibility index (Phi) is 16.0. The Bertz CT molecular complexity index is 2870. The summed E-state index contributed by atoms with van der Waals surface area (Å²) in [6, 6.07) is 39.9. The van der Waals surface area contributed by atoms with E-state index in [-0.39, 0.29) is 39.4 Å². The number of nitrogens with one attached hydrogen (secondary N) is 2. The fraction of sp³-hybridized carbons (Fsp3) is 0.536. The summed E-state index contributed by atoms with van der Waals surface area (Å²) in [4.78, 5) is 28.4. The molecular weight excluding hydrogens is 953 g/mol. The number of hydrogen-bond acceptors (Lipinski definition) is 6. The van der Waals surface area contributed by atoms with E-state index in [1.807, 2.05) is 24.3 Å². The van der Waals surface area contributed by atoms with Crippen molar-refractivity contribution in [2.75, 3.05) is 27.3 Å². The van der Waals surface area contributed by atoms with Crippen molar-refractivity contribution in [3.05, 3.63) is 154 Å². The van der Waals surface area contributed by atoms with Crippen molar-refractivity contribution in [1.29, 1.82) is 0 Å². The standard InChI is InChI=1S/C38H47NO3.C31H41NO3/c1-36-20-11-21-37(2,35(40)39-27-38(22-8-5-9-23-38)30-14-10-15-31(24-30)41-3)34(36)19-17-29-16-18-32(25-33(29)36)42-26-28-12-6-4-7-13-28;1-29-15-8-16-30(2,27(29)14-12-22-11-13-24(33)20-26(22)29)28(34)32-21-31(17-5-4-6-18-31)23-9-7-10-25(19-23)35-3/h4,6-7,10,12-16,18,24-25,34H,5,8-9,11,17,19-23,26-27H2,1-3H3,(H,39,40);7,9-11,13,19-20,27,33H,4-6,8,12,14-18,21H2,1-3H3,(H,32,34)/t34-,36-,37+;27-,29-,30+/m11/s1. The van der Waals surface area contributed by atoms with Crippen LogP contribution >= 0.6 is 0 Å². The highest BCUT2D eigenvalue weighted by molar-refractivity contribution is 5.84. The molecule has 0 aromatic heterocycles. The summed E-state index contributed by atoms with van der Waals surface area (Å²) >= 11 is 0.